The quantitative estimate of drug-likeness (QED) is 0.597. The first-order valence-corrected chi connectivity index (χ1v) is 3.64. The number of anilines is 1. The van der Waals surface area contributed by atoms with Crippen molar-refractivity contribution in [2.75, 3.05) is 5.73 Å². The molecule has 0 aliphatic rings. The summed E-state index contributed by atoms with van der Waals surface area (Å²) in [5, 5.41) is 0. The molecule has 1 aromatic heterocycles. The molecule has 0 spiro atoms. The molecular weight excluding hydrogens is 138 g/mol. The van der Waals surface area contributed by atoms with E-state index in [1.165, 1.54) is 0 Å². The van der Waals surface area contributed by atoms with E-state index >= 15 is 0 Å². The molecule has 60 valence electrons. The van der Waals surface area contributed by atoms with Gasteiger partial charge < -0.3 is 5.73 Å². The minimum atomic E-state index is 0.0726. The second-order valence-corrected chi connectivity index (χ2v) is 3.64. The molecule has 3 heteroatoms. The number of H-pyrrole nitrogens is 1. The van der Waals surface area contributed by atoms with Gasteiger partial charge in [0.1, 0.15) is 5.69 Å². The first kappa shape index (κ1) is 7.98. The first-order chi connectivity index (χ1) is 5.00. The smallest absolute Gasteiger partial charge is 0.223 e. The molecule has 0 bridgehead atoms. The summed E-state index contributed by atoms with van der Waals surface area (Å²) in [6.07, 6.45) is 1.62. The Bertz CT molecular complexity index is 250. The van der Waals surface area contributed by atoms with Gasteiger partial charge in [-0.15, -0.1) is 4.98 Å². The van der Waals surface area contributed by atoms with Crippen molar-refractivity contribution in [3.63, 3.8) is 0 Å². The highest BCUT2D eigenvalue weighted by Gasteiger charge is 2.18. The van der Waals surface area contributed by atoms with Crippen molar-refractivity contribution in [2.45, 2.75) is 26.2 Å². The molecule has 0 atom stereocenters. The lowest BCUT2D eigenvalue weighted by atomic mass is 9.92. The number of nitrogens with zero attached hydrogens (tertiary/aromatic N) is 1. The fourth-order valence-electron chi connectivity index (χ4n) is 0.813. The van der Waals surface area contributed by atoms with Gasteiger partial charge in [0.25, 0.3) is 0 Å². The van der Waals surface area contributed by atoms with Crippen molar-refractivity contribution in [3.05, 3.63) is 18.1 Å². The van der Waals surface area contributed by atoms with E-state index in [1.807, 2.05) is 6.07 Å². The maximum Gasteiger partial charge on any atom is 0.223 e. The fraction of sp³-hybridized carbons (Fsp3) is 0.500. The van der Waals surface area contributed by atoms with Gasteiger partial charge in [-0.25, -0.2) is 0 Å². The van der Waals surface area contributed by atoms with Crippen LogP contribution in [0.25, 0.3) is 0 Å². The Kier molecular flexibility index (Phi) is 1.81. The van der Waals surface area contributed by atoms with Gasteiger partial charge in [-0.3, -0.25) is 4.98 Å². The van der Waals surface area contributed by atoms with Crippen LogP contribution in [0.5, 0.6) is 0 Å². The van der Waals surface area contributed by atoms with Gasteiger partial charge in [0.05, 0.1) is 0 Å². The van der Waals surface area contributed by atoms with Crippen LogP contribution in [0, 0.1) is 0 Å². The molecule has 0 unspecified atom stereocenters. The maximum atomic E-state index is 5.56. The molecule has 0 aliphatic heterocycles. The second kappa shape index (κ2) is 2.49. The average Bonchev–Trinajstić information content (AvgIpc) is 1.86. The number of aromatic amines is 1. The van der Waals surface area contributed by atoms with Crippen LogP contribution < -0.4 is 10.7 Å². The molecule has 0 amide bonds. The van der Waals surface area contributed by atoms with E-state index in [4.69, 9.17) is 5.73 Å². The zero-order valence-electron chi connectivity index (χ0n) is 7.18. The molecule has 1 heterocycles. The van der Waals surface area contributed by atoms with Crippen molar-refractivity contribution in [3.8, 4) is 0 Å². The van der Waals surface area contributed by atoms with Crippen molar-refractivity contribution < 1.29 is 4.98 Å². The predicted octanol–water partition coefficient (Wildman–Crippen LogP) is 0.775. The van der Waals surface area contributed by atoms with Gasteiger partial charge in [-0.05, 0) is 0 Å². The summed E-state index contributed by atoms with van der Waals surface area (Å²) in [5.41, 5.74) is 6.64. The molecule has 0 aromatic carbocycles. The number of nitrogen functional groups attached to an aromatic ring is 1. The predicted molar refractivity (Wildman–Crippen MR) is 43.9 cm³/mol. The molecule has 0 radical (unpaired) electrons. The van der Waals surface area contributed by atoms with E-state index in [9.17, 15) is 0 Å². The molecule has 1 aromatic rings. The van der Waals surface area contributed by atoms with E-state index in [2.05, 4.69) is 30.7 Å². The average molecular weight is 152 g/mol. The Morgan fingerprint density at radius 2 is 2.09 bits per heavy atom. The highest BCUT2D eigenvalue weighted by Crippen LogP contribution is 2.18. The topological polar surface area (TPSA) is 53.0 Å². The summed E-state index contributed by atoms with van der Waals surface area (Å²) in [6.45, 7) is 6.32. The van der Waals surface area contributed by atoms with E-state index in [0.717, 1.165) is 5.69 Å². The third-order valence-electron chi connectivity index (χ3n) is 1.50. The molecule has 0 fully saturated rings. The summed E-state index contributed by atoms with van der Waals surface area (Å²) in [5.74, 6) is 0.657. The van der Waals surface area contributed by atoms with Gasteiger partial charge in [-0.2, -0.15) is 0 Å². The molecule has 3 nitrogen and oxygen atoms in total. The fourth-order valence-corrected chi connectivity index (χ4v) is 0.813. The Morgan fingerprint density at radius 1 is 1.45 bits per heavy atom. The highest BCUT2D eigenvalue weighted by atomic mass is 14.9. The lowest BCUT2D eigenvalue weighted by Gasteiger charge is -2.13. The lowest BCUT2D eigenvalue weighted by molar-refractivity contribution is -0.365. The first-order valence-electron chi connectivity index (χ1n) is 3.64. The SMILES string of the molecule is CC(C)(C)c1cc(N)[nH+]cn1. The van der Waals surface area contributed by atoms with Crippen LogP contribution >= 0.6 is 0 Å². The number of hydrogen-bond acceptors (Lipinski definition) is 2. The molecular formula is C8H14N3+. The van der Waals surface area contributed by atoms with Crippen LogP contribution in [0.1, 0.15) is 26.5 Å². The molecule has 0 saturated heterocycles. The standard InChI is InChI=1S/C8H13N3/c1-8(2,3)6-4-7(9)11-5-10-6/h4-5H,1-3H3,(H2,9,10,11)/p+1. The Labute approximate surface area is 66.7 Å². The minimum Gasteiger partial charge on any atom is -0.319 e. The van der Waals surface area contributed by atoms with Crippen LogP contribution in [-0.2, 0) is 5.41 Å². The molecule has 3 N–H and O–H groups in total. The summed E-state index contributed by atoms with van der Waals surface area (Å²) >= 11 is 0. The van der Waals surface area contributed by atoms with Crippen molar-refractivity contribution in [1.82, 2.24) is 4.98 Å². The van der Waals surface area contributed by atoms with Gasteiger partial charge >= 0.3 is 0 Å². The van der Waals surface area contributed by atoms with Crippen LogP contribution in [0.2, 0.25) is 0 Å². The van der Waals surface area contributed by atoms with Gasteiger partial charge in [0.2, 0.25) is 12.1 Å². The minimum absolute atomic E-state index is 0.0726. The van der Waals surface area contributed by atoms with Crippen molar-refractivity contribution in [1.29, 1.82) is 0 Å². The molecule has 0 aliphatic carbocycles. The van der Waals surface area contributed by atoms with Crippen LogP contribution in [0.3, 0.4) is 0 Å². The summed E-state index contributed by atoms with van der Waals surface area (Å²) < 4.78 is 0. The van der Waals surface area contributed by atoms with E-state index < -0.39 is 0 Å². The largest absolute Gasteiger partial charge is 0.319 e. The number of nitrogens with two attached hydrogens (primary N) is 1. The zero-order valence-corrected chi connectivity index (χ0v) is 7.18. The van der Waals surface area contributed by atoms with Crippen LogP contribution in [-0.4, -0.2) is 4.98 Å². The summed E-state index contributed by atoms with van der Waals surface area (Å²) in [7, 11) is 0. The number of rotatable bonds is 0. The monoisotopic (exact) mass is 152 g/mol. The van der Waals surface area contributed by atoms with Crippen molar-refractivity contribution >= 4 is 5.82 Å². The van der Waals surface area contributed by atoms with E-state index in [1.54, 1.807) is 6.33 Å². The Morgan fingerprint density at radius 3 is 2.45 bits per heavy atom. The Balaban J connectivity index is 3.06. The van der Waals surface area contributed by atoms with Gasteiger partial charge in [0, 0.05) is 11.5 Å². The van der Waals surface area contributed by atoms with Crippen LogP contribution in [0.15, 0.2) is 12.4 Å². The van der Waals surface area contributed by atoms with E-state index in [0.29, 0.717) is 5.82 Å². The lowest BCUT2D eigenvalue weighted by Crippen LogP contribution is -2.19. The summed E-state index contributed by atoms with van der Waals surface area (Å²) in [4.78, 5) is 6.99. The Hall–Kier alpha value is -1.12. The third kappa shape index (κ3) is 1.90. The van der Waals surface area contributed by atoms with Gasteiger partial charge in [-0.1, -0.05) is 20.8 Å². The second-order valence-electron chi connectivity index (χ2n) is 3.64. The highest BCUT2D eigenvalue weighted by molar-refractivity contribution is 5.25. The molecule has 1 rings (SSSR count). The molecule has 0 saturated carbocycles. The van der Waals surface area contributed by atoms with Gasteiger partial charge in [0.15, 0.2) is 0 Å². The van der Waals surface area contributed by atoms with Crippen LogP contribution in [0.4, 0.5) is 5.82 Å². The normalized spacial score (nSPS) is 11.5. The molecule has 11 heavy (non-hydrogen) atoms. The third-order valence-corrected chi connectivity index (χ3v) is 1.50. The number of hydrogen-bond donors (Lipinski definition) is 1. The summed E-state index contributed by atoms with van der Waals surface area (Å²) in [6, 6.07) is 1.86. The van der Waals surface area contributed by atoms with E-state index in [-0.39, 0.29) is 5.41 Å². The maximum absolute atomic E-state index is 5.56. The van der Waals surface area contributed by atoms with Crippen molar-refractivity contribution in [2.24, 2.45) is 0 Å². The zero-order chi connectivity index (χ0) is 8.48. The number of aromatic nitrogens is 2. The number of nitrogens with one attached hydrogen (secondary N) is 1.